The number of alkyl halides is 3. The molecule has 4 rings (SSSR count). The Labute approximate surface area is 204 Å². The molecule has 13 heteroatoms. The number of aromatic nitrogens is 4. The molecule has 2 aromatic heterocycles. The Balaban J connectivity index is 1.64. The first kappa shape index (κ1) is 25.3. The molecule has 1 fully saturated rings. The average Bonchev–Trinajstić information content (AvgIpc) is 2.88. The fourth-order valence-electron chi connectivity index (χ4n) is 3.51. The number of aliphatic hydroxyl groups excluding tert-OH is 1. The molecule has 1 aromatic carbocycles. The summed E-state index contributed by atoms with van der Waals surface area (Å²) in [7, 11) is 0. The van der Waals surface area contributed by atoms with E-state index in [0.29, 0.717) is 61.3 Å². The molecule has 0 spiro atoms. The Kier molecular flexibility index (Phi) is 7.60. The maximum absolute atomic E-state index is 13.0. The Bertz CT molecular complexity index is 1230. The van der Waals surface area contributed by atoms with E-state index in [9.17, 15) is 18.0 Å². The zero-order valence-electron chi connectivity index (χ0n) is 19.2. The van der Waals surface area contributed by atoms with Crippen LogP contribution in [0.3, 0.4) is 0 Å². The molecule has 1 amide bonds. The van der Waals surface area contributed by atoms with Gasteiger partial charge in [-0.15, -0.1) is 5.10 Å². The fourth-order valence-corrected chi connectivity index (χ4v) is 3.51. The lowest BCUT2D eigenvalue weighted by molar-refractivity contribution is -0.137. The van der Waals surface area contributed by atoms with E-state index in [-0.39, 0.29) is 19.2 Å². The third kappa shape index (κ3) is 6.04. The van der Waals surface area contributed by atoms with E-state index in [1.807, 2.05) is 11.8 Å². The van der Waals surface area contributed by atoms with E-state index < -0.39 is 23.3 Å². The lowest BCUT2D eigenvalue weighted by Gasteiger charge is -2.28. The Morgan fingerprint density at radius 2 is 1.97 bits per heavy atom. The van der Waals surface area contributed by atoms with Crippen molar-refractivity contribution in [1.29, 1.82) is 0 Å². The number of nitrogens with one attached hydrogen (secondary N) is 1. The number of aliphatic hydroxyl groups is 1. The molecule has 0 atom stereocenters. The highest BCUT2D eigenvalue weighted by molar-refractivity contribution is 6.03. The van der Waals surface area contributed by atoms with Gasteiger partial charge >= 0.3 is 12.2 Å². The van der Waals surface area contributed by atoms with Gasteiger partial charge in [-0.25, -0.2) is 0 Å². The molecule has 190 valence electrons. The average molecular weight is 504 g/mol. The van der Waals surface area contributed by atoms with Gasteiger partial charge in [0.1, 0.15) is 12.4 Å². The number of carbonyl (C=O) groups excluding carboxylic acids is 1. The first-order valence-electron chi connectivity index (χ1n) is 11.0. The highest BCUT2D eigenvalue weighted by atomic mass is 19.4. The number of rotatable bonds is 7. The van der Waals surface area contributed by atoms with Crippen LogP contribution in [-0.4, -0.2) is 70.7 Å². The van der Waals surface area contributed by atoms with Crippen LogP contribution in [0, 0.1) is 6.92 Å². The molecule has 2 N–H and O–H groups in total. The first-order chi connectivity index (χ1) is 17.2. The number of carbonyl (C=O) groups is 1. The summed E-state index contributed by atoms with van der Waals surface area (Å²) in [4.78, 5) is 23.5. The minimum absolute atomic E-state index is 0.0130. The van der Waals surface area contributed by atoms with Crippen molar-refractivity contribution in [3.63, 3.8) is 0 Å². The summed E-state index contributed by atoms with van der Waals surface area (Å²) >= 11 is 0. The van der Waals surface area contributed by atoms with Crippen LogP contribution in [-0.2, 0) is 10.9 Å². The molecule has 1 aliphatic heterocycles. The molecular weight excluding hydrogens is 481 g/mol. The summed E-state index contributed by atoms with van der Waals surface area (Å²) < 4.78 is 49.8. The van der Waals surface area contributed by atoms with E-state index in [0.717, 1.165) is 5.56 Å². The van der Waals surface area contributed by atoms with Crippen LogP contribution in [0.2, 0.25) is 0 Å². The van der Waals surface area contributed by atoms with Crippen LogP contribution in [0.4, 0.5) is 24.7 Å². The molecule has 3 aromatic rings. The second kappa shape index (κ2) is 10.8. The number of ether oxygens (including phenoxy) is 2. The first-order valence-corrected chi connectivity index (χ1v) is 11.0. The van der Waals surface area contributed by atoms with E-state index in [1.54, 1.807) is 24.3 Å². The summed E-state index contributed by atoms with van der Waals surface area (Å²) in [5.74, 6) is -0.226. The number of hydrogen-bond donors (Lipinski definition) is 2. The maximum atomic E-state index is 13.0. The summed E-state index contributed by atoms with van der Waals surface area (Å²) in [6, 6.07) is 7.51. The van der Waals surface area contributed by atoms with Gasteiger partial charge in [0.2, 0.25) is 0 Å². The van der Waals surface area contributed by atoms with Crippen LogP contribution >= 0.6 is 0 Å². The van der Waals surface area contributed by atoms with E-state index in [1.165, 1.54) is 0 Å². The van der Waals surface area contributed by atoms with Gasteiger partial charge in [0.15, 0.2) is 5.69 Å². The number of anilines is 2. The van der Waals surface area contributed by atoms with Gasteiger partial charge in [-0.2, -0.15) is 28.2 Å². The van der Waals surface area contributed by atoms with Gasteiger partial charge in [0.05, 0.1) is 37.3 Å². The lowest BCUT2D eigenvalue weighted by atomic mass is 10.0. The molecule has 0 aliphatic carbocycles. The molecule has 0 radical (unpaired) electrons. The zero-order valence-corrected chi connectivity index (χ0v) is 19.2. The Hall–Kier alpha value is -3.84. The van der Waals surface area contributed by atoms with E-state index in [4.69, 9.17) is 14.6 Å². The van der Waals surface area contributed by atoms with Crippen LogP contribution in [0.1, 0.15) is 21.6 Å². The molecule has 3 heterocycles. The summed E-state index contributed by atoms with van der Waals surface area (Å²) in [5, 5.41) is 18.5. The fraction of sp³-hybridized carbons (Fsp3) is 0.348. The molecule has 0 bridgehead atoms. The van der Waals surface area contributed by atoms with Gasteiger partial charge < -0.3 is 24.8 Å². The van der Waals surface area contributed by atoms with Gasteiger partial charge in [-0.05, 0) is 30.7 Å². The predicted molar refractivity (Wildman–Crippen MR) is 123 cm³/mol. The van der Waals surface area contributed by atoms with Crippen molar-refractivity contribution < 1.29 is 32.5 Å². The number of aryl methyl sites for hydroxylation is 1. The number of amides is 1. The van der Waals surface area contributed by atoms with Crippen molar-refractivity contribution >= 4 is 17.4 Å². The van der Waals surface area contributed by atoms with E-state index >= 15 is 0 Å². The van der Waals surface area contributed by atoms with Crippen molar-refractivity contribution in [3.05, 3.63) is 53.3 Å². The summed E-state index contributed by atoms with van der Waals surface area (Å²) in [6.07, 6.45) is -4.10. The molecule has 36 heavy (non-hydrogen) atoms. The number of morpholine rings is 1. The minimum Gasteiger partial charge on any atom is -0.461 e. The van der Waals surface area contributed by atoms with Gasteiger partial charge in [0.25, 0.3) is 5.91 Å². The standard InChI is InChI=1S/C23H23F3N6O4/c1-14-2-3-16(28-21(34)19-10-15(13-27-31-19)23(24,25)26)11-17(14)18-12-20(32-4-7-35-8-5-32)30-22(29-18)36-9-6-33/h2-3,10-13,33H,4-9H2,1H3,(H,28,34). The topological polar surface area (TPSA) is 123 Å². The third-order valence-electron chi connectivity index (χ3n) is 5.34. The van der Waals surface area contributed by atoms with Crippen LogP contribution in [0.25, 0.3) is 11.3 Å². The largest absolute Gasteiger partial charge is 0.461 e. The third-order valence-corrected chi connectivity index (χ3v) is 5.34. The normalized spacial score (nSPS) is 14.0. The molecular formula is C23H23F3N6O4. The smallest absolute Gasteiger partial charge is 0.418 e. The summed E-state index contributed by atoms with van der Waals surface area (Å²) in [6.45, 7) is 4.00. The Morgan fingerprint density at radius 1 is 1.19 bits per heavy atom. The predicted octanol–water partition coefficient (Wildman–Crippen LogP) is 2.72. The molecule has 0 unspecified atom stereocenters. The van der Waals surface area contributed by atoms with Crippen molar-refractivity contribution in [2.75, 3.05) is 49.7 Å². The molecule has 1 saturated heterocycles. The molecule has 1 aliphatic rings. The van der Waals surface area contributed by atoms with Crippen LogP contribution in [0.15, 0.2) is 36.5 Å². The SMILES string of the molecule is Cc1ccc(NC(=O)c2cc(C(F)(F)F)cnn2)cc1-c1cc(N2CCOCC2)nc(OCCO)n1. The van der Waals surface area contributed by atoms with Crippen molar-refractivity contribution in [2.24, 2.45) is 0 Å². The van der Waals surface area contributed by atoms with E-state index in [2.05, 4.69) is 25.5 Å². The van der Waals surface area contributed by atoms with Crippen LogP contribution < -0.4 is 15.0 Å². The maximum Gasteiger partial charge on any atom is 0.418 e. The number of nitrogens with zero attached hydrogens (tertiary/aromatic N) is 5. The highest BCUT2D eigenvalue weighted by Gasteiger charge is 2.32. The second-order valence-corrected chi connectivity index (χ2v) is 7.88. The van der Waals surface area contributed by atoms with Gasteiger partial charge in [-0.1, -0.05) is 6.07 Å². The van der Waals surface area contributed by atoms with Crippen LogP contribution in [0.5, 0.6) is 6.01 Å². The van der Waals surface area contributed by atoms with Crippen molar-refractivity contribution in [1.82, 2.24) is 20.2 Å². The van der Waals surface area contributed by atoms with Gasteiger partial charge in [0, 0.05) is 30.4 Å². The Morgan fingerprint density at radius 3 is 2.69 bits per heavy atom. The summed E-state index contributed by atoms with van der Waals surface area (Å²) in [5.41, 5.74) is 0.763. The lowest BCUT2D eigenvalue weighted by Crippen LogP contribution is -2.36. The van der Waals surface area contributed by atoms with Gasteiger partial charge in [-0.3, -0.25) is 4.79 Å². The highest BCUT2D eigenvalue weighted by Crippen LogP contribution is 2.31. The minimum atomic E-state index is -4.65. The number of hydrogen-bond acceptors (Lipinski definition) is 9. The monoisotopic (exact) mass is 504 g/mol. The van der Waals surface area contributed by atoms with Crippen molar-refractivity contribution in [2.45, 2.75) is 13.1 Å². The number of halogens is 3. The second-order valence-electron chi connectivity index (χ2n) is 7.88. The quantitative estimate of drug-likeness (QED) is 0.500. The van der Waals surface area contributed by atoms with Crippen molar-refractivity contribution in [3.8, 4) is 17.3 Å². The number of benzene rings is 1. The molecule has 10 nitrogen and oxygen atoms in total. The molecule has 0 saturated carbocycles. The zero-order chi connectivity index (χ0) is 25.7.